The van der Waals surface area contributed by atoms with Crippen molar-refractivity contribution in [3.63, 3.8) is 0 Å². The van der Waals surface area contributed by atoms with E-state index in [4.69, 9.17) is 0 Å². The van der Waals surface area contributed by atoms with Crippen LogP contribution < -0.4 is 0 Å². The molecule has 8 heteroatoms. The molecule has 2 heterocycles. The highest BCUT2D eigenvalue weighted by molar-refractivity contribution is 7.99. The number of rotatable bonds is 9. The summed E-state index contributed by atoms with van der Waals surface area (Å²) in [5, 5.41) is 9.83. The molecule has 190 valence electrons. The fourth-order valence-corrected chi connectivity index (χ4v) is 5.44. The zero-order valence-electron chi connectivity index (χ0n) is 21.3. The van der Waals surface area contributed by atoms with Crippen molar-refractivity contribution in [2.24, 2.45) is 5.92 Å². The van der Waals surface area contributed by atoms with Gasteiger partial charge in [0.15, 0.2) is 11.0 Å². The van der Waals surface area contributed by atoms with E-state index in [2.05, 4.69) is 26.9 Å². The summed E-state index contributed by atoms with van der Waals surface area (Å²) in [6.07, 6.45) is 2.28. The first kappa shape index (κ1) is 25.9. The number of para-hydroxylation sites is 1. The predicted octanol–water partition coefficient (Wildman–Crippen LogP) is 4.91. The number of carbonyl (C=O) groups excluding carboxylic acids is 2. The molecule has 1 aliphatic heterocycles. The molecule has 1 aliphatic rings. The molecule has 3 aromatic rings. The van der Waals surface area contributed by atoms with Crippen LogP contribution in [0, 0.1) is 5.92 Å². The van der Waals surface area contributed by atoms with Crippen LogP contribution >= 0.6 is 11.8 Å². The lowest BCUT2D eigenvalue weighted by Gasteiger charge is -2.40. The third-order valence-corrected chi connectivity index (χ3v) is 7.47. The predicted molar refractivity (Wildman–Crippen MR) is 144 cm³/mol. The molecule has 1 unspecified atom stereocenters. The van der Waals surface area contributed by atoms with Gasteiger partial charge < -0.3 is 9.80 Å². The van der Waals surface area contributed by atoms with Crippen molar-refractivity contribution < 1.29 is 9.59 Å². The monoisotopic (exact) mass is 505 g/mol. The van der Waals surface area contributed by atoms with Gasteiger partial charge in [-0.2, -0.15) is 0 Å². The largest absolute Gasteiger partial charge is 0.339 e. The Morgan fingerprint density at radius 1 is 0.972 bits per heavy atom. The first-order valence-corrected chi connectivity index (χ1v) is 13.7. The maximum absolute atomic E-state index is 12.8. The number of nitrogens with zero attached hydrogens (tertiary/aromatic N) is 5. The van der Waals surface area contributed by atoms with E-state index in [1.54, 1.807) is 11.8 Å². The SMILES string of the molecule is CC(C)C(=O)N1CCN(C(=O)CCCCSc2nnc(-c3ccccc3)n2-c2ccccc2)CC1C. The zero-order chi connectivity index (χ0) is 25.5. The summed E-state index contributed by atoms with van der Waals surface area (Å²) >= 11 is 1.67. The highest BCUT2D eigenvalue weighted by atomic mass is 32.2. The lowest BCUT2D eigenvalue weighted by atomic mass is 10.1. The Morgan fingerprint density at radius 2 is 1.67 bits per heavy atom. The molecule has 0 radical (unpaired) electrons. The molecular weight excluding hydrogens is 470 g/mol. The highest BCUT2D eigenvalue weighted by Crippen LogP contribution is 2.28. The van der Waals surface area contributed by atoms with E-state index in [0.29, 0.717) is 26.1 Å². The third kappa shape index (κ3) is 6.16. The lowest BCUT2D eigenvalue weighted by Crippen LogP contribution is -2.56. The van der Waals surface area contributed by atoms with Crippen molar-refractivity contribution >= 4 is 23.6 Å². The van der Waals surface area contributed by atoms with E-state index in [9.17, 15) is 9.59 Å². The van der Waals surface area contributed by atoms with Crippen LogP contribution in [0.15, 0.2) is 65.8 Å². The second-order valence-electron chi connectivity index (χ2n) is 9.52. The van der Waals surface area contributed by atoms with Crippen molar-refractivity contribution in [2.45, 2.75) is 51.2 Å². The van der Waals surface area contributed by atoms with Crippen molar-refractivity contribution in [3.8, 4) is 17.1 Å². The van der Waals surface area contributed by atoms with Crippen LogP contribution in [0.1, 0.15) is 40.0 Å². The molecule has 1 atom stereocenters. The topological polar surface area (TPSA) is 71.3 Å². The number of aromatic nitrogens is 3. The summed E-state index contributed by atoms with van der Waals surface area (Å²) in [6.45, 7) is 7.75. The molecule has 2 amide bonds. The summed E-state index contributed by atoms with van der Waals surface area (Å²) in [5.74, 6) is 2.03. The molecule has 1 aromatic heterocycles. The van der Waals surface area contributed by atoms with Gasteiger partial charge in [-0.1, -0.05) is 74.1 Å². The summed E-state index contributed by atoms with van der Waals surface area (Å²) in [7, 11) is 0. The molecule has 1 fully saturated rings. The smallest absolute Gasteiger partial charge is 0.225 e. The molecule has 0 aliphatic carbocycles. The second kappa shape index (κ2) is 12.2. The maximum atomic E-state index is 12.8. The normalized spacial score (nSPS) is 15.9. The number of hydrogen-bond acceptors (Lipinski definition) is 5. The lowest BCUT2D eigenvalue weighted by molar-refractivity contribution is -0.144. The number of unbranched alkanes of at least 4 members (excludes halogenated alkanes) is 1. The number of benzene rings is 2. The van der Waals surface area contributed by atoms with Crippen LogP contribution in [-0.2, 0) is 9.59 Å². The summed E-state index contributed by atoms with van der Waals surface area (Å²) in [5.41, 5.74) is 2.05. The van der Waals surface area contributed by atoms with Crippen LogP contribution in [0.25, 0.3) is 17.1 Å². The molecule has 36 heavy (non-hydrogen) atoms. The Kier molecular flexibility index (Phi) is 8.80. The average molecular weight is 506 g/mol. The molecule has 0 bridgehead atoms. The fraction of sp³-hybridized carbons (Fsp3) is 0.429. The van der Waals surface area contributed by atoms with Gasteiger partial charge in [-0.25, -0.2) is 0 Å². The molecule has 1 saturated heterocycles. The van der Waals surface area contributed by atoms with Gasteiger partial charge in [0, 0.05) is 55.0 Å². The van der Waals surface area contributed by atoms with E-state index in [-0.39, 0.29) is 23.8 Å². The average Bonchev–Trinajstić information content (AvgIpc) is 3.32. The van der Waals surface area contributed by atoms with Gasteiger partial charge in [-0.3, -0.25) is 14.2 Å². The second-order valence-corrected chi connectivity index (χ2v) is 10.6. The number of carbonyl (C=O) groups is 2. The Labute approximate surface area is 217 Å². The van der Waals surface area contributed by atoms with Gasteiger partial charge in [0.25, 0.3) is 0 Å². The fourth-order valence-electron chi connectivity index (χ4n) is 4.49. The van der Waals surface area contributed by atoms with E-state index in [1.165, 1.54) is 0 Å². The minimum absolute atomic E-state index is 0.0105. The van der Waals surface area contributed by atoms with E-state index in [1.807, 2.05) is 79.1 Å². The summed E-state index contributed by atoms with van der Waals surface area (Å²) in [4.78, 5) is 29.0. The van der Waals surface area contributed by atoms with Crippen molar-refractivity contribution in [3.05, 3.63) is 60.7 Å². The Morgan fingerprint density at radius 3 is 2.33 bits per heavy atom. The Bertz CT molecular complexity index is 1150. The van der Waals surface area contributed by atoms with Gasteiger partial charge in [-0.15, -0.1) is 10.2 Å². The standard InChI is InChI=1S/C28H35N5O2S/c1-21(2)27(35)32-18-17-31(20-22(32)3)25(34)16-10-11-19-36-28-30-29-26(23-12-6-4-7-13-23)33(28)24-14-8-5-9-15-24/h4-9,12-15,21-22H,10-11,16-20H2,1-3H3. The van der Waals surface area contributed by atoms with Gasteiger partial charge in [-0.05, 0) is 31.9 Å². The molecule has 2 aromatic carbocycles. The Hall–Kier alpha value is -3.13. The van der Waals surface area contributed by atoms with Gasteiger partial charge >= 0.3 is 0 Å². The van der Waals surface area contributed by atoms with Gasteiger partial charge in [0.05, 0.1) is 0 Å². The van der Waals surface area contributed by atoms with E-state index in [0.717, 1.165) is 40.8 Å². The number of amides is 2. The molecular formula is C28H35N5O2S. The first-order valence-electron chi connectivity index (χ1n) is 12.7. The summed E-state index contributed by atoms with van der Waals surface area (Å²) < 4.78 is 2.10. The van der Waals surface area contributed by atoms with Crippen LogP contribution in [-0.4, -0.2) is 67.8 Å². The van der Waals surface area contributed by atoms with Crippen LogP contribution in [0.5, 0.6) is 0 Å². The number of hydrogen-bond donors (Lipinski definition) is 0. The minimum atomic E-state index is -0.0105. The molecule has 0 saturated carbocycles. The summed E-state index contributed by atoms with van der Waals surface area (Å²) in [6, 6.07) is 20.3. The van der Waals surface area contributed by atoms with Crippen molar-refractivity contribution in [1.29, 1.82) is 0 Å². The van der Waals surface area contributed by atoms with Crippen LogP contribution in [0.4, 0.5) is 0 Å². The zero-order valence-corrected chi connectivity index (χ0v) is 22.2. The minimum Gasteiger partial charge on any atom is -0.339 e. The van der Waals surface area contributed by atoms with Crippen molar-refractivity contribution in [2.75, 3.05) is 25.4 Å². The quantitative estimate of drug-likeness (QED) is 0.305. The first-order chi connectivity index (χ1) is 17.5. The van der Waals surface area contributed by atoms with E-state index < -0.39 is 0 Å². The molecule has 0 spiro atoms. The molecule has 0 N–H and O–H groups in total. The molecule has 4 rings (SSSR count). The number of piperazine rings is 1. The van der Waals surface area contributed by atoms with E-state index >= 15 is 0 Å². The maximum Gasteiger partial charge on any atom is 0.225 e. The Balaban J connectivity index is 1.30. The van der Waals surface area contributed by atoms with Gasteiger partial charge in [0.1, 0.15) is 0 Å². The highest BCUT2D eigenvalue weighted by Gasteiger charge is 2.30. The van der Waals surface area contributed by atoms with Crippen LogP contribution in [0.3, 0.4) is 0 Å². The van der Waals surface area contributed by atoms with Gasteiger partial charge in [0.2, 0.25) is 11.8 Å². The van der Waals surface area contributed by atoms with Crippen molar-refractivity contribution in [1.82, 2.24) is 24.6 Å². The number of thioether (sulfide) groups is 1. The van der Waals surface area contributed by atoms with Crippen LogP contribution in [0.2, 0.25) is 0 Å². The third-order valence-electron chi connectivity index (χ3n) is 6.45. The molecule has 7 nitrogen and oxygen atoms in total.